The number of aromatic carboxylic acids is 1. The maximum absolute atomic E-state index is 14.3. The number of anilines is 1. The highest BCUT2D eigenvalue weighted by Gasteiger charge is 2.33. The molecule has 0 aliphatic heterocycles. The molecule has 190 valence electrons. The zero-order valence-corrected chi connectivity index (χ0v) is 20.8. The highest BCUT2D eigenvalue weighted by atomic mass is 35.5. The van der Waals surface area contributed by atoms with Crippen LogP contribution in [-0.4, -0.2) is 35.6 Å². The second kappa shape index (κ2) is 10.5. The van der Waals surface area contributed by atoms with Crippen LogP contribution in [-0.2, 0) is 14.6 Å². The summed E-state index contributed by atoms with van der Waals surface area (Å²) in [6.45, 7) is 0. The molecule has 8 nitrogen and oxygen atoms in total. The lowest BCUT2D eigenvalue weighted by Crippen LogP contribution is -2.26. The first-order valence-corrected chi connectivity index (χ1v) is 13.5. The largest absolute Gasteiger partial charge is 0.476 e. The van der Waals surface area contributed by atoms with E-state index in [1.165, 1.54) is 23.6 Å². The molecular formula is C23H19ClF2N2O6S2. The third-order valence-corrected chi connectivity index (χ3v) is 9.14. The Hall–Kier alpha value is -3.09. The van der Waals surface area contributed by atoms with Crippen LogP contribution in [0.1, 0.15) is 47.8 Å². The summed E-state index contributed by atoms with van der Waals surface area (Å²) in [7, 11) is -3.70. The number of aromatic nitrogens is 1. The summed E-state index contributed by atoms with van der Waals surface area (Å²) in [4.78, 5) is 27.9. The number of thiazole rings is 1. The van der Waals surface area contributed by atoms with E-state index >= 15 is 0 Å². The summed E-state index contributed by atoms with van der Waals surface area (Å²) >= 11 is 7.17. The molecule has 1 aliphatic carbocycles. The molecule has 0 bridgehead atoms. The van der Waals surface area contributed by atoms with E-state index in [4.69, 9.17) is 21.4 Å². The number of amides is 1. The number of carbonyl (C=O) groups is 2. The van der Waals surface area contributed by atoms with Gasteiger partial charge in [-0.25, -0.2) is 27.0 Å². The molecule has 1 unspecified atom stereocenters. The van der Waals surface area contributed by atoms with E-state index in [1.807, 2.05) is 0 Å². The van der Waals surface area contributed by atoms with Crippen LogP contribution in [0.15, 0.2) is 46.7 Å². The van der Waals surface area contributed by atoms with Gasteiger partial charge < -0.3 is 9.84 Å². The van der Waals surface area contributed by atoms with Crippen molar-refractivity contribution in [3.05, 3.63) is 69.7 Å². The van der Waals surface area contributed by atoms with Crippen molar-refractivity contribution in [2.45, 2.75) is 41.9 Å². The lowest BCUT2D eigenvalue weighted by molar-refractivity contribution is -0.123. The van der Waals surface area contributed by atoms with Crippen LogP contribution >= 0.6 is 22.9 Å². The van der Waals surface area contributed by atoms with Gasteiger partial charge in [-0.1, -0.05) is 30.5 Å². The number of hydrogen-bond donors (Lipinski definition) is 2. The second-order valence-electron chi connectivity index (χ2n) is 8.05. The minimum absolute atomic E-state index is 0.0582. The van der Waals surface area contributed by atoms with Gasteiger partial charge in [-0.05, 0) is 37.1 Å². The first kappa shape index (κ1) is 26.0. The summed E-state index contributed by atoms with van der Waals surface area (Å²) < 4.78 is 59.2. The van der Waals surface area contributed by atoms with Crippen LogP contribution in [0.4, 0.5) is 13.9 Å². The van der Waals surface area contributed by atoms with Crippen molar-refractivity contribution in [2.75, 3.05) is 5.32 Å². The number of carboxylic acid groups (broad SMARTS) is 1. The fraction of sp³-hybridized carbons (Fsp3) is 0.261. The number of ether oxygens (including phenoxy) is 1. The van der Waals surface area contributed by atoms with Gasteiger partial charge >= 0.3 is 5.97 Å². The number of rotatable bonds is 8. The lowest BCUT2D eigenvalue weighted by Gasteiger charge is -2.20. The Morgan fingerprint density at radius 3 is 2.50 bits per heavy atom. The molecule has 1 amide bonds. The highest BCUT2D eigenvalue weighted by molar-refractivity contribution is 7.92. The molecule has 1 heterocycles. The molecule has 1 atom stereocenters. The number of nitrogens with one attached hydrogen (secondary N) is 1. The van der Waals surface area contributed by atoms with Crippen LogP contribution in [0.3, 0.4) is 0 Å². The molecule has 36 heavy (non-hydrogen) atoms. The number of carboxylic acids is 1. The topological polar surface area (TPSA) is 123 Å². The Morgan fingerprint density at radius 1 is 1.17 bits per heavy atom. The van der Waals surface area contributed by atoms with E-state index in [0.717, 1.165) is 36.3 Å². The predicted molar refractivity (Wildman–Crippen MR) is 128 cm³/mol. The van der Waals surface area contributed by atoms with Crippen molar-refractivity contribution in [3.63, 3.8) is 0 Å². The summed E-state index contributed by atoms with van der Waals surface area (Å²) in [6.07, 6.45) is 1.11. The Balaban J connectivity index is 1.68. The van der Waals surface area contributed by atoms with Crippen molar-refractivity contribution < 1.29 is 36.6 Å². The average Bonchev–Trinajstić information content (AvgIpc) is 3.51. The second-order valence-corrected chi connectivity index (χ2v) is 11.5. The standard InChI is InChI=1S/C23H19ClF2N2O6S2/c24-15-9-12(5-8-19(15)36(32,33)14-3-1-2-4-14)20(34-18-7-6-13(25)10-16(18)26)21(29)28-23-27-17(11-35-23)22(30)31/h5-11,14,20H,1-4H2,(H,30,31)(H,27,28,29). The van der Waals surface area contributed by atoms with Gasteiger partial charge in [0, 0.05) is 17.0 Å². The molecule has 1 saturated carbocycles. The third-order valence-electron chi connectivity index (χ3n) is 5.64. The van der Waals surface area contributed by atoms with Crippen LogP contribution in [0, 0.1) is 11.6 Å². The van der Waals surface area contributed by atoms with Crippen LogP contribution in [0.5, 0.6) is 5.75 Å². The van der Waals surface area contributed by atoms with Gasteiger partial charge in [0.05, 0.1) is 15.2 Å². The Bertz CT molecular complexity index is 1420. The van der Waals surface area contributed by atoms with Gasteiger partial charge in [0.25, 0.3) is 5.91 Å². The van der Waals surface area contributed by atoms with Gasteiger partial charge in [0.15, 0.2) is 32.2 Å². The van der Waals surface area contributed by atoms with Crippen molar-refractivity contribution >= 4 is 49.8 Å². The Labute approximate surface area is 213 Å². The number of hydrogen-bond acceptors (Lipinski definition) is 7. The van der Waals surface area contributed by atoms with Gasteiger partial charge in [-0.15, -0.1) is 11.3 Å². The van der Waals surface area contributed by atoms with Crippen LogP contribution in [0.2, 0.25) is 5.02 Å². The predicted octanol–water partition coefficient (Wildman–Crippen LogP) is 5.25. The van der Waals surface area contributed by atoms with Gasteiger partial charge in [-0.2, -0.15) is 0 Å². The molecule has 4 rings (SSSR count). The van der Waals surface area contributed by atoms with Crippen LogP contribution in [0.25, 0.3) is 0 Å². The van der Waals surface area contributed by atoms with E-state index in [9.17, 15) is 26.8 Å². The van der Waals surface area contributed by atoms with Crippen LogP contribution < -0.4 is 10.1 Å². The van der Waals surface area contributed by atoms with Gasteiger partial charge in [0.2, 0.25) is 6.10 Å². The number of carbonyl (C=O) groups excluding carboxylic acids is 1. The molecule has 2 aromatic carbocycles. The number of nitrogens with zero attached hydrogens (tertiary/aromatic N) is 1. The summed E-state index contributed by atoms with van der Waals surface area (Å²) in [5, 5.41) is 11.9. The molecule has 13 heteroatoms. The molecule has 0 radical (unpaired) electrons. The zero-order valence-electron chi connectivity index (χ0n) is 18.4. The fourth-order valence-corrected chi connectivity index (χ4v) is 6.96. The van der Waals surface area contributed by atoms with E-state index < -0.39 is 50.5 Å². The molecular weight excluding hydrogens is 538 g/mol. The molecule has 2 N–H and O–H groups in total. The van der Waals surface area contributed by atoms with E-state index in [1.54, 1.807) is 0 Å². The monoisotopic (exact) mass is 556 g/mol. The van der Waals surface area contributed by atoms with E-state index in [0.29, 0.717) is 18.9 Å². The normalized spacial score (nSPS) is 15.0. The number of benzene rings is 2. The Kier molecular flexibility index (Phi) is 7.57. The van der Waals surface area contributed by atoms with Gasteiger partial charge in [-0.3, -0.25) is 10.1 Å². The summed E-state index contributed by atoms with van der Waals surface area (Å²) in [5.74, 6) is -4.52. The Morgan fingerprint density at radius 2 is 1.89 bits per heavy atom. The van der Waals surface area contributed by atoms with Crippen molar-refractivity contribution in [3.8, 4) is 5.75 Å². The maximum Gasteiger partial charge on any atom is 0.355 e. The molecule has 1 aromatic heterocycles. The quantitative estimate of drug-likeness (QED) is 0.388. The van der Waals surface area contributed by atoms with E-state index in [-0.39, 0.29) is 26.3 Å². The molecule has 3 aromatic rings. The van der Waals surface area contributed by atoms with Gasteiger partial charge in [0.1, 0.15) is 5.82 Å². The average molecular weight is 557 g/mol. The summed E-state index contributed by atoms with van der Waals surface area (Å²) in [5.41, 5.74) is -0.205. The smallest absolute Gasteiger partial charge is 0.355 e. The molecule has 0 saturated heterocycles. The number of sulfone groups is 1. The zero-order chi connectivity index (χ0) is 26.0. The minimum atomic E-state index is -3.70. The lowest BCUT2D eigenvalue weighted by atomic mass is 10.1. The minimum Gasteiger partial charge on any atom is -0.476 e. The fourth-order valence-electron chi connectivity index (χ4n) is 3.86. The first-order chi connectivity index (χ1) is 17.1. The molecule has 1 aliphatic rings. The number of halogens is 3. The first-order valence-electron chi connectivity index (χ1n) is 10.7. The summed E-state index contributed by atoms with van der Waals surface area (Å²) in [6, 6.07) is 6.34. The van der Waals surface area contributed by atoms with Crippen molar-refractivity contribution in [2.24, 2.45) is 0 Å². The molecule has 1 fully saturated rings. The maximum atomic E-state index is 14.3. The van der Waals surface area contributed by atoms with E-state index in [2.05, 4.69) is 10.3 Å². The molecule has 0 spiro atoms. The highest BCUT2D eigenvalue weighted by Crippen LogP contribution is 2.35. The van der Waals surface area contributed by atoms with Crippen molar-refractivity contribution in [1.82, 2.24) is 4.98 Å². The third kappa shape index (κ3) is 5.50. The van der Waals surface area contributed by atoms with Crippen molar-refractivity contribution in [1.29, 1.82) is 0 Å². The SMILES string of the molecule is O=C(O)c1csc(NC(=O)C(Oc2ccc(F)cc2F)c2ccc(S(=O)(=O)C3CCCC3)c(Cl)c2)n1.